The number of carbonyl (C=O) groups excluding carboxylic acids is 7. The smallest absolute Gasteiger partial charge is 0.456 e. The second kappa shape index (κ2) is 23.5. The average Bonchev–Trinajstić information content (AvgIpc) is 2.51. The zero-order valence-corrected chi connectivity index (χ0v) is 47.2. The summed E-state index contributed by atoms with van der Waals surface area (Å²) in [6.07, 6.45) is -13.9. The number of carbonyl (C=O) groups is 7. The summed E-state index contributed by atoms with van der Waals surface area (Å²) in [7, 11) is 0. The minimum atomic E-state index is -2.66. The molecule has 1 aliphatic heterocycles. The molecule has 1 amide bonds. The predicted octanol–water partition coefficient (Wildman–Crippen LogP) is 9.02. The van der Waals surface area contributed by atoms with Crippen molar-refractivity contribution in [2.24, 2.45) is 16.7 Å². The van der Waals surface area contributed by atoms with Gasteiger partial charge in [-0.2, -0.15) is 0 Å². The van der Waals surface area contributed by atoms with Crippen LogP contribution in [0, 0.1) is 16.7 Å². The fraction of sp³-hybridized carbons (Fsp3) is 0.463. The first kappa shape index (κ1) is 60.5. The number of fused-ring (bicyclic) bond motifs is 5. The van der Waals surface area contributed by atoms with E-state index in [0.29, 0.717) is 5.56 Å². The summed E-state index contributed by atoms with van der Waals surface area (Å²) < 4.78 is 42.7. The van der Waals surface area contributed by atoms with E-state index in [1.54, 1.807) is 79.7 Å². The monoisotopic (exact) mass is 1200 g/mol. The average molecular weight is 1200 g/mol. The maximum atomic E-state index is 16.4. The number of nitrogens with one attached hydrogen (secondary N) is 1. The van der Waals surface area contributed by atoms with Gasteiger partial charge in [0.05, 0.1) is 29.5 Å². The van der Waals surface area contributed by atoms with Crippen LogP contribution in [0.15, 0.2) is 108 Å². The van der Waals surface area contributed by atoms with E-state index in [0.717, 1.165) is 6.92 Å². The maximum absolute atomic E-state index is 16.4. The Hall–Kier alpha value is -5.15. The van der Waals surface area contributed by atoms with E-state index < -0.39 is 153 Å². The second-order valence-corrected chi connectivity index (χ2v) is 25.2. The molecule has 1 saturated heterocycles. The van der Waals surface area contributed by atoms with Gasteiger partial charge in [0.1, 0.15) is 43.2 Å². The van der Waals surface area contributed by atoms with Gasteiger partial charge in [0, 0.05) is 30.8 Å². The van der Waals surface area contributed by atoms with Crippen LogP contribution >= 0.6 is 69.6 Å². The Morgan fingerprint density at radius 1 is 0.795 bits per heavy atom. The van der Waals surface area contributed by atoms with Crippen molar-refractivity contribution in [1.29, 1.82) is 0 Å². The number of halogens is 6. The van der Waals surface area contributed by atoms with Gasteiger partial charge in [-0.15, -0.1) is 0 Å². The molecule has 420 valence electrons. The van der Waals surface area contributed by atoms with E-state index in [4.69, 9.17) is 108 Å². The Labute approximate surface area is 478 Å². The summed E-state index contributed by atoms with van der Waals surface area (Å²) >= 11 is 35.5. The number of hydrogen-bond acceptors (Lipinski definition) is 17. The number of ether oxygens (including phenoxy) is 8. The van der Waals surface area contributed by atoms with Crippen molar-refractivity contribution in [3.8, 4) is 0 Å². The lowest BCUT2D eigenvalue weighted by atomic mass is 9.44. The van der Waals surface area contributed by atoms with Gasteiger partial charge in [-0.1, -0.05) is 162 Å². The molecule has 3 aromatic carbocycles. The number of Topliss-reactive ketones (excluding diaryl/α,β-unsaturated/α-hetero) is 1. The topological polar surface area (TPSA) is 246 Å². The quantitative estimate of drug-likeness (QED) is 0.0448. The molecule has 3 aromatic rings. The van der Waals surface area contributed by atoms with Crippen molar-refractivity contribution in [2.45, 2.75) is 116 Å². The number of aliphatic hydroxyl groups excluding tert-OH is 1. The molecule has 11 atom stereocenters. The SMILES string of the molecule is CC(=O)O[C@@]12CO[C@@H]1C[C@H](OC(=O)OCC(Cl)(Cl)Cl)[C@@]1(C)C(=O)[C@H](OC(=O)OCC(Cl)(Cl)Cl)C3=C(C)[C@@H](OC(=O)[C@H](O)[C@@H](NC(=O)C(C)=Cc4ccccc4)c4ccccc4)CC(O)([C@@H](OC(=O)c4ccccc4)[C@H]21)C3(C)C. The first-order valence-electron chi connectivity index (χ1n) is 24.3. The van der Waals surface area contributed by atoms with E-state index in [9.17, 15) is 39.0 Å². The Balaban J connectivity index is 1.43. The molecular formula is C54H55Cl6NO17. The van der Waals surface area contributed by atoms with Gasteiger partial charge in [0.2, 0.25) is 13.5 Å². The largest absolute Gasteiger partial charge is 0.509 e. The zero-order chi connectivity index (χ0) is 57.3. The Morgan fingerprint density at radius 3 is 1.88 bits per heavy atom. The van der Waals surface area contributed by atoms with Gasteiger partial charge in [-0.05, 0) is 61.3 Å². The molecule has 3 aliphatic carbocycles. The van der Waals surface area contributed by atoms with Gasteiger partial charge in [-0.25, -0.2) is 19.2 Å². The van der Waals surface area contributed by atoms with Crippen LogP contribution in [0.4, 0.5) is 9.59 Å². The van der Waals surface area contributed by atoms with Gasteiger partial charge in [0.15, 0.2) is 23.6 Å². The van der Waals surface area contributed by atoms with E-state index in [1.165, 1.54) is 52.0 Å². The summed E-state index contributed by atoms with van der Waals surface area (Å²) in [4.78, 5) is 101. The lowest BCUT2D eigenvalue weighted by Gasteiger charge is -2.67. The molecule has 7 rings (SSSR count). The van der Waals surface area contributed by atoms with E-state index >= 15 is 4.79 Å². The maximum Gasteiger partial charge on any atom is 0.509 e. The van der Waals surface area contributed by atoms with Crippen LogP contribution in [0.2, 0.25) is 0 Å². The van der Waals surface area contributed by atoms with Crippen molar-refractivity contribution in [1.82, 2.24) is 5.32 Å². The van der Waals surface area contributed by atoms with E-state index in [2.05, 4.69) is 5.32 Å². The van der Waals surface area contributed by atoms with Crippen molar-refractivity contribution in [3.63, 3.8) is 0 Å². The fourth-order valence-electron chi connectivity index (χ4n) is 11.0. The molecule has 18 nitrogen and oxygen atoms in total. The summed E-state index contributed by atoms with van der Waals surface area (Å²) in [5.41, 5.74) is -8.21. The van der Waals surface area contributed by atoms with Crippen molar-refractivity contribution in [2.75, 3.05) is 19.8 Å². The van der Waals surface area contributed by atoms with Crippen LogP contribution in [-0.4, -0.2) is 127 Å². The number of rotatable bonds is 14. The van der Waals surface area contributed by atoms with Crippen LogP contribution < -0.4 is 5.32 Å². The highest BCUT2D eigenvalue weighted by Gasteiger charge is 2.79. The van der Waals surface area contributed by atoms with Gasteiger partial charge in [-0.3, -0.25) is 14.4 Å². The molecule has 78 heavy (non-hydrogen) atoms. The summed E-state index contributed by atoms with van der Waals surface area (Å²) in [6, 6.07) is 23.0. The molecular weight excluding hydrogens is 1150 g/mol. The number of ketones is 1. The van der Waals surface area contributed by atoms with Crippen LogP contribution in [0.25, 0.3) is 6.08 Å². The summed E-state index contributed by atoms with van der Waals surface area (Å²) in [6.45, 7) is 5.89. The van der Waals surface area contributed by atoms with Crippen LogP contribution in [0.1, 0.15) is 81.9 Å². The zero-order valence-electron chi connectivity index (χ0n) is 42.7. The normalized spacial score (nSPS) is 28.3. The predicted molar refractivity (Wildman–Crippen MR) is 283 cm³/mol. The van der Waals surface area contributed by atoms with E-state index in [1.807, 2.05) is 0 Å². The summed E-state index contributed by atoms with van der Waals surface area (Å²) in [5, 5.41) is 28.9. The molecule has 24 heteroatoms. The summed E-state index contributed by atoms with van der Waals surface area (Å²) in [5.74, 6) is -7.00. The Kier molecular flexibility index (Phi) is 18.2. The molecule has 0 aromatic heterocycles. The lowest BCUT2D eigenvalue weighted by molar-refractivity contribution is -0.346. The molecule has 1 unspecified atom stereocenters. The minimum absolute atomic E-state index is 0.0372. The molecule has 2 saturated carbocycles. The Bertz CT molecular complexity index is 2840. The third-order valence-corrected chi connectivity index (χ3v) is 15.5. The van der Waals surface area contributed by atoms with Gasteiger partial charge in [0.25, 0.3) is 0 Å². The van der Waals surface area contributed by atoms with Crippen LogP contribution in [0.5, 0.6) is 0 Å². The molecule has 0 spiro atoms. The first-order chi connectivity index (χ1) is 36.4. The third-order valence-electron chi connectivity index (χ3n) is 14.8. The minimum Gasteiger partial charge on any atom is -0.456 e. The highest BCUT2D eigenvalue weighted by molar-refractivity contribution is 6.68. The number of hydrogen-bond donors (Lipinski definition) is 3. The molecule has 4 aliphatic rings. The number of alkyl halides is 6. The third kappa shape index (κ3) is 12.6. The highest BCUT2D eigenvalue weighted by Crippen LogP contribution is 2.65. The number of esters is 3. The van der Waals surface area contributed by atoms with Crippen LogP contribution in [0.3, 0.4) is 0 Å². The fourth-order valence-corrected chi connectivity index (χ4v) is 11.4. The van der Waals surface area contributed by atoms with Crippen LogP contribution in [-0.2, 0) is 57.1 Å². The highest BCUT2D eigenvalue weighted by atomic mass is 35.6. The van der Waals surface area contributed by atoms with Crippen molar-refractivity contribution >= 4 is 118 Å². The lowest BCUT2D eigenvalue weighted by Crippen LogP contribution is -2.82. The molecule has 0 radical (unpaired) electrons. The second-order valence-electron chi connectivity index (χ2n) is 20.1. The van der Waals surface area contributed by atoms with E-state index in [-0.39, 0.29) is 27.8 Å². The van der Waals surface area contributed by atoms with Crippen molar-refractivity contribution in [3.05, 3.63) is 124 Å². The van der Waals surface area contributed by atoms with Gasteiger partial charge < -0.3 is 53.4 Å². The number of amides is 1. The Morgan fingerprint density at radius 2 is 1.35 bits per heavy atom. The molecule has 1 heterocycles. The van der Waals surface area contributed by atoms with Gasteiger partial charge >= 0.3 is 30.2 Å². The number of benzene rings is 3. The van der Waals surface area contributed by atoms with Crippen molar-refractivity contribution < 1.29 is 81.7 Å². The molecule has 2 bridgehead atoms. The number of aliphatic hydroxyl groups is 2. The first-order valence-corrected chi connectivity index (χ1v) is 26.5. The standard InChI is InChI=1S/C54H55Cl6NO17/c1-28(22-31-16-10-7-11-17-31)44(65)61-38(32-18-12-8-13-19-32)39(63)46(67)74-34-24-52(70)43(77-45(66)33-20-14-9-15-21-33)41-50(6,42(64)40(37(29(34)2)49(52,4)5)76-48(69)73-27-54(58,59)60)35(75-47(68)72-26-53(55,56)57)23-36-51(41,25-71-36)78-30(3)62/h7-22,34-36,38-41,43,63,70H,23-27H2,1-6H3,(H,61,65)/t34-,35-,36+,38-,39+,40+,41-,43-,50+,51-,52?/m0/s1. The molecule has 3 fully saturated rings. The molecule has 3 N–H and O–H groups in total.